The van der Waals surface area contributed by atoms with Crippen LogP contribution in [0.2, 0.25) is 0 Å². The molecule has 1 fully saturated rings. The summed E-state index contributed by atoms with van der Waals surface area (Å²) >= 11 is 0. The average Bonchev–Trinajstić information content (AvgIpc) is 3.26. The molecule has 0 aliphatic carbocycles. The van der Waals surface area contributed by atoms with Gasteiger partial charge in [0, 0.05) is 19.0 Å². The maximum Gasteiger partial charge on any atom is 0.243 e. The predicted molar refractivity (Wildman–Crippen MR) is 133 cm³/mol. The van der Waals surface area contributed by atoms with Crippen LogP contribution in [0.15, 0.2) is 24.3 Å². The number of hydrogen-bond acceptors (Lipinski definition) is 4. The summed E-state index contributed by atoms with van der Waals surface area (Å²) in [5.74, 6) is 0.361. The maximum absolute atomic E-state index is 13.2. The van der Waals surface area contributed by atoms with Gasteiger partial charge in [-0.15, -0.1) is 0 Å². The van der Waals surface area contributed by atoms with Crippen LogP contribution in [0.25, 0.3) is 11.0 Å². The minimum atomic E-state index is -0.918. The number of piperidine rings is 1. The minimum absolute atomic E-state index is 0.0391. The molecule has 2 aromatic rings. The van der Waals surface area contributed by atoms with E-state index >= 15 is 0 Å². The third-order valence-corrected chi connectivity index (χ3v) is 6.57. The van der Waals surface area contributed by atoms with Crippen molar-refractivity contribution >= 4 is 28.8 Å². The lowest BCUT2D eigenvalue weighted by molar-refractivity contribution is -0.139. The lowest BCUT2D eigenvalue weighted by atomic mass is 9.98. The summed E-state index contributed by atoms with van der Waals surface area (Å²) in [7, 11) is 0. The Morgan fingerprint density at radius 1 is 1.15 bits per heavy atom. The Kier molecular flexibility index (Phi) is 9.07. The van der Waals surface area contributed by atoms with Crippen LogP contribution in [0.3, 0.4) is 0 Å². The predicted octanol–water partition coefficient (Wildman–Crippen LogP) is 3.84. The van der Waals surface area contributed by atoms with Gasteiger partial charge in [0.1, 0.15) is 11.9 Å². The van der Waals surface area contributed by atoms with E-state index in [1.165, 1.54) is 0 Å². The van der Waals surface area contributed by atoms with Crippen molar-refractivity contribution < 1.29 is 14.4 Å². The van der Waals surface area contributed by atoms with E-state index in [4.69, 9.17) is 0 Å². The molecule has 3 atom stereocenters. The van der Waals surface area contributed by atoms with E-state index in [0.29, 0.717) is 24.7 Å². The van der Waals surface area contributed by atoms with Crippen molar-refractivity contribution in [1.82, 2.24) is 25.5 Å². The third-order valence-electron chi connectivity index (χ3n) is 6.57. The first-order chi connectivity index (χ1) is 16.3. The molecule has 186 valence electrons. The molecule has 3 N–H and O–H groups in total. The molecule has 0 radical (unpaired) electrons. The highest BCUT2D eigenvalue weighted by molar-refractivity contribution is 5.92. The fourth-order valence-electron chi connectivity index (χ4n) is 4.50. The van der Waals surface area contributed by atoms with Crippen LogP contribution >= 0.6 is 0 Å². The number of nitrogens with one attached hydrogen (secondary N) is 3. The number of benzene rings is 1. The Morgan fingerprint density at radius 3 is 2.62 bits per heavy atom. The van der Waals surface area contributed by atoms with Gasteiger partial charge in [0.05, 0.1) is 23.5 Å². The number of amides is 3. The number of hydrogen-bond donors (Lipinski definition) is 3. The van der Waals surface area contributed by atoms with Crippen LogP contribution in [0.4, 0.5) is 0 Å². The number of nitrogens with zero attached hydrogens (tertiary/aromatic N) is 2. The second-order valence-electron chi connectivity index (χ2n) is 9.77. The lowest BCUT2D eigenvalue weighted by Crippen LogP contribution is -2.52. The zero-order valence-electron chi connectivity index (χ0n) is 20.9. The first kappa shape index (κ1) is 25.7. The molecule has 0 spiro atoms. The van der Waals surface area contributed by atoms with E-state index in [2.05, 4.69) is 41.4 Å². The van der Waals surface area contributed by atoms with Crippen molar-refractivity contribution in [3.63, 3.8) is 0 Å². The minimum Gasteiger partial charge on any atom is -0.345 e. The number of H-pyrrole nitrogens is 1. The summed E-state index contributed by atoms with van der Waals surface area (Å²) < 4.78 is 0. The first-order valence-corrected chi connectivity index (χ1v) is 12.6. The molecule has 3 amide bonds. The second kappa shape index (κ2) is 12.0. The molecule has 2 heterocycles. The van der Waals surface area contributed by atoms with E-state index in [-0.39, 0.29) is 30.2 Å². The van der Waals surface area contributed by atoms with E-state index in [9.17, 15) is 14.4 Å². The number of carbonyl (C=O) groups excluding carboxylic acids is 3. The summed E-state index contributed by atoms with van der Waals surface area (Å²) in [6.07, 6.45) is 5.00. The summed E-state index contributed by atoms with van der Waals surface area (Å²) in [5.41, 5.74) is 1.71. The van der Waals surface area contributed by atoms with Gasteiger partial charge in [-0.1, -0.05) is 32.9 Å². The summed E-state index contributed by atoms with van der Waals surface area (Å²) in [6, 6.07) is 6.56. The van der Waals surface area contributed by atoms with Crippen LogP contribution < -0.4 is 10.6 Å². The molecule has 0 unspecified atom stereocenters. The number of imidazole rings is 1. The smallest absolute Gasteiger partial charge is 0.243 e. The van der Waals surface area contributed by atoms with Gasteiger partial charge in [0.25, 0.3) is 0 Å². The molecule has 1 aromatic carbocycles. The van der Waals surface area contributed by atoms with Gasteiger partial charge in [0.15, 0.2) is 0 Å². The topological polar surface area (TPSA) is 107 Å². The van der Waals surface area contributed by atoms with Crippen LogP contribution in [-0.2, 0) is 14.4 Å². The molecular formula is C26H39N5O3. The van der Waals surface area contributed by atoms with Crippen molar-refractivity contribution in [3.05, 3.63) is 30.1 Å². The molecule has 34 heavy (non-hydrogen) atoms. The van der Waals surface area contributed by atoms with Crippen LogP contribution in [0.5, 0.6) is 0 Å². The van der Waals surface area contributed by atoms with Gasteiger partial charge < -0.3 is 20.5 Å². The van der Waals surface area contributed by atoms with E-state index < -0.39 is 12.1 Å². The molecule has 1 aromatic heterocycles. The quantitative estimate of drug-likeness (QED) is 0.491. The Labute approximate surface area is 202 Å². The highest BCUT2D eigenvalue weighted by Crippen LogP contribution is 2.21. The monoisotopic (exact) mass is 469 g/mol. The Morgan fingerprint density at radius 2 is 1.91 bits per heavy atom. The average molecular weight is 470 g/mol. The molecule has 8 heteroatoms. The zero-order valence-corrected chi connectivity index (χ0v) is 20.9. The van der Waals surface area contributed by atoms with Gasteiger partial charge in [-0.3, -0.25) is 14.4 Å². The molecule has 3 rings (SSSR count). The van der Waals surface area contributed by atoms with Gasteiger partial charge in [-0.05, 0) is 57.1 Å². The summed E-state index contributed by atoms with van der Waals surface area (Å²) in [4.78, 5) is 48.7. The molecule has 1 aliphatic heterocycles. The van der Waals surface area contributed by atoms with E-state index in [0.717, 1.165) is 43.1 Å². The van der Waals surface area contributed by atoms with Gasteiger partial charge >= 0.3 is 0 Å². The maximum atomic E-state index is 13.2. The highest BCUT2D eigenvalue weighted by Gasteiger charge is 2.31. The Bertz CT molecular complexity index is 953. The Hall–Kier alpha value is -2.90. The largest absolute Gasteiger partial charge is 0.345 e. The molecule has 0 saturated carbocycles. The Balaban J connectivity index is 1.70. The number of aromatic nitrogens is 2. The lowest BCUT2D eigenvalue weighted by Gasteiger charge is -2.36. The van der Waals surface area contributed by atoms with Crippen LogP contribution in [0, 0.1) is 5.92 Å². The van der Waals surface area contributed by atoms with Gasteiger partial charge in [-0.25, -0.2) is 4.98 Å². The molecule has 8 nitrogen and oxygen atoms in total. The molecular weight excluding hydrogens is 430 g/mol. The molecule has 0 bridgehead atoms. The molecule has 1 aliphatic rings. The first-order valence-electron chi connectivity index (χ1n) is 12.6. The van der Waals surface area contributed by atoms with Crippen molar-refractivity contribution in [2.45, 2.75) is 90.8 Å². The van der Waals surface area contributed by atoms with Crippen molar-refractivity contribution in [1.29, 1.82) is 0 Å². The van der Waals surface area contributed by atoms with Crippen molar-refractivity contribution in [2.24, 2.45) is 5.92 Å². The normalized spacial score (nSPS) is 18.0. The second-order valence-corrected chi connectivity index (χ2v) is 9.77. The van der Waals surface area contributed by atoms with Crippen molar-refractivity contribution in [3.8, 4) is 0 Å². The highest BCUT2D eigenvalue weighted by atomic mass is 16.2. The van der Waals surface area contributed by atoms with Crippen molar-refractivity contribution in [2.75, 3.05) is 6.54 Å². The number of rotatable bonds is 10. The fourth-order valence-corrected chi connectivity index (χ4v) is 4.50. The summed E-state index contributed by atoms with van der Waals surface area (Å²) in [6.45, 7) is 8.74. The van der Waals surface area contributed by atoms with Gasteiger partial charge in [0.2, 0.25) is 17.7 Å². The van der Waals surface area contributed by atoms with Gasteiger partial charge in [-0.2, -0.15) is 0 Å². The number of aromatic amines is 1. The van der Waals surface area contributed by atoms with Crippen LogP contribution in [-0.4, -0.2) is 51.2 Å². The SMILES string of the molecule is CC[C@H]1CCCCN1C(=O)C[C@H](NC(=O)CCC(C)C)C(=O)N[C@@H](C)c1nc2ccccc2[nH]1. The summed E-state index contributed by atoms with van der Waals surface area (Å²) in [5, 5.41) is 5.77. The van der Waals surface area contributed by atoms with E-state index in [1.54, 1.807) is 0 Å². The third kappa shape index (κ3) is 6.81. The zero-order chi connectivity index (χ0) is 24.7. The number of carbonyl (C=O) groups is 3. The number of fused-ring (bicyclic) bond motifs is 1. The van der Waals surface area contributed by atoms with E-state index in [1.807, 2.05) is 36.1 Å². The fraction of sp³-hybridized carbons (Fsp3) is 0.615. The van der Waals surface area contributed by atoms with Crippen LogP contribution in [0.1, 0.15) is 84.5 Å². The number of para-hydroxylation sites is 2. The standard InChI is InChI=1S/C26H39N5O3/c1-5-19-10-8-9-15-31(19)24(33)16-22(28-23(32)14-13-17(2)3)26(34)27-18(4)25-29-20-11-6-7-12-21(20)30-25/h6-7,11-12,17-19,22H,5,8-10,13-16H2,1-4H3,(H,27,34)(H,28,32)(H,29,30)/t18-,19-,22-/m0/s1. The number of likely N-dealkylation sites (tertiary alicyclic amines) is 1. The molecule has 1 saturated heterocycles.